The SMILES string of the molecule is Br.CCCCCCCCCCCC[n+]1ccn(CCCCCCCCCC)c1C.CCCCCCCCCCn1ccnc1C.[Br-]. The molecule has 2 rings (SSSR count). The van der Waals surface area contributed by atoms with Gasteiger partial charge in [-0.3, -0.25) is 0 Å². The molecule has 0 atom stereocenters. The average Bonchev–Trinajstić information content (AvgIpc) is 3.61. The molecule has 46 heavy (non-hydrogen) atoms. The molecule has 0 aliphatic carbocycles. The minimum Gasteiger partial charge on any atom is -1.00 e. The van der Waals surface area contributed by atoms with E-state index in [1.165, 1.54) is 186 Å². The third kappa shape index (κ3) is 26.3. The zero-order valence-electron chi connectivity index (χ0n) is 31.4. The summed E-state index contributed by atoms with van der Waals surface area (Å²) in [6, 6.07) is 0. The Morgan fingerprint density at radius 1 is 0.500 bits per heavy atom. The predicted molar refractivity (Wildman–Crippen MR) is 204 cm³/mol. The molecule has 0 aromatic carbocycles. The van der Waals surface area contributed by atoms with E-state index in [1.54, 1.807) is 0 Å². The van der Waals surface area contributed by atoms with Crippen LogP contribution >= 0.6 is 17.0 Å². The van der Waals surface area contributed by atoms with Crippen LogP contribution in [0.15, 0.2) is 24.8 Å². The monoisotopic (exact) mass is 772 g/mol. The first-order chi connectivity index (χ1) is 21.6. The quantitative estimate of drug-likeness (QED) is 0.0598. The van der Waals surface area contributed by atoms with Gasteiger partial charge in [0.1, 0.15) is 18.2 Å². The second-order valence-electron chi connectivity index (χ2n) is 13.5. The Labute approximate surface area is 308 Å². The molecule has 0 aliphatic heterocycles. The highest BCUT2D eigenvalue weighted by atomic mass is 79.9. The van der Waals surface area contributed by atoms with Gasteiger partial charge in [-0.2, -0.15) is 0 Å². The number of rotatable bonds is 29. The smallest absolute Gasteiger partial charge is 0.253 e. The molecule has 0 bridgehead atoms. The van der Waals surface area contributed by atoms with Crippen molar-refractivity contribution in [2.24, 2.45) is 0 Å². The zero-order chi connectivity index (χ0) is 31.9. The highest BCUT2D eigenvalue weighted by Crippen LogP contribution is 2.12. The van der Waals surface area contributed by atoms with Crippen LogP contribution in [0.2, 0.25) is 0 Å². The molecule has 0 aliphatic rings. The number of halogens is 2. The van der Waals surface area contributed by atoms with Gasteiger partial charge in [0.05, 0.1) is 13.1 Å². The lowest BCUT2D eigenvalue weighted by Gasteiger charge is -2.04. The van der Waals surface area contributed by atoms with Crippen molar-refractivity contribution in [1.82, 2.24) is 14.1 Å². The van der Waals surface area contributed by atoms with E-state index in [-0.39, 0.29) is 34.0 Å². The van der Waals surface area contributed by atoms with Crippen LogP contribution in [0, 0.1) is 13.8 Å². The van der Waals surface area contributed by atoms with Crippen molar-refractivity contribution < 1.29 is 21.5 Å². The van der Waals surface area contributed by atoms with Gasteiger partial charge in [0.25, 0.3) is 5.82 Å². The summed E-state index contributed by atoms with van der Waals surface area (Å²) in [6.45, 7) is 14.8. The van der Waals surface area contributed by atoms with Crippen LogP contribution in [0.3, 0.4) is 0 Å². The van der Waals surface area contributed by atoms with E-state index < -0.39 is 0 Å². The molecular formula is C40H78Br2N4. The summed E-state index contributed by atoms with van der Waals surface area (Å²) >= 11 is 0. The maximum Gasteiger partial charge on any atom is 0.253 e. The van der Waals surface area contributed by atoms with Gasteiger partial charge in [-0.15, -0.1) is 17.0 Å². The fourth-order valence-electron chi connectivity index (χ4n) is 6.26. The van der Waals surface area contributed by atoms with Crippen molar-refractivity contribution in [3.8, 4) is 0 Å². The van der Waals surface area contributed by atoms with E-state index >= 15 is 0 Å². The van der Waals surface area contributed by atoms with Gasteiger partial charge < -0.3 is 21.5 Å². The highest BCUT2D eigenvalue weighted by molar-refractivity contribution is 8.93. The summed E-state index contributed by atoms with van der Waals surface area (Å²) in [5, 5.41) is 0. The minimum atomic E-state index is 0. The first-order valence-corrected chi connectivity index (χ1v) is 19.7. The molecule has 6 heteroatoms. The van der Waals surface area contributed by atoms with Gasteiger partial charge in [0.2, 0.25) is 0 Å². The number of aryl methyl sites for hydroxylation is 4. The van der Waals surface area contributed by atoms with Crippen LogP contribution in [0.25, 0.3) is 0 Å². The van der Waals surface area contributed by atoms with Crippen LogP contribution in [0.1, 0.15) is 199 Å². The summed E-state index contributed by atoms with van der Waals surface area (Å²) in [5.41, 5.74) is 0. The fraction of sp³-hybridized carbons (Fsp3) is 0.850. The third-order valence-corrected chi connectivity index (χ3v) is 9.44. The molecule has 0 radical (unpaired) electrons. The standard InChI is InChI=1S/C26H51N2.C14H26N2.2BrH/c1-4-6-8-10-12-14-15-17-19-21-23-28-25-24-27(26(28)3)22-20-18-16-13-11-9-7-5-2;1-3-4-5-6-7-8-9-10-12-16-13-11-15-14(16)2;;/h24-25H,4-23H2,1-3H3;11,13H,3-10,12H2,1-2H3;2*1H/q+1;;;/p-1. The number of aromatic nitrogens is 4. The van der Waals surface area contributed by atoms with Gasteiger partial charge >= 0.3 is 0 Å². The van der Waals surface area contributed by atoms with Gasteiger partial charge in [-0.1, -0.05) is 156 Å². The zero-order valence-corrected chi connectivity index (χ0v) is 34.7. The number of nitrogens with zero attached hydrogens (tertiary/aromatic N) is 4. The second-order valence-corrected chi connectivity index (χ2v) is 13.5. The molecule has 0 fully saturated rings. The van der Waals surface area contributed by atoms with Crippen LogP contribution in [-0.4, -0.2) is 14.1 Å². The number of hydrogen-bond acceptors (Lipinski definition) is 1. The van der Waals surface area contributed by atoms with E-state index in [1.807, 2.05) is 6.20 Å². The van der Waals surface area contributed by atoms with Crippen molar-refractivity contribution in [1.29, 1.82) is 0 Å². The largest absolute Gasteiger partial charge is 1.00 e. The van der Waals surface area contributed by atoms with Crippen molar-refractivity contribution in [2.75, 3.05) is 0 Å². The minimum absolute atomic E-state index is 0. The topological polar surface area (TPSA) is 26.6 Å². The maximum atomic E-state index is 4.23. The summed E-state index contributed by atoms with van der Waals surface area (Å²) in [7, 11) is 0. The highest BCUT2D eigenvalue weighted by Gasteiger charge is 2.11. The first kappa shape index (κ1) is 47.5. The first-order valence-electron chi connectivity index (χ1n) is 19.7. The van der Waals surface area contributed by atoms with Gasteiger partial charge in [0, 0.05) is 25.9 Å². The van der Waals surface area contributed by atoms with E-state index in [2.05, 4.69) is 71.9 Å². The third-order valence-electron chi connectivity index (χ3n) is 9.44. The Morgan fingerprint density at radius 3 is 1.26 bits per heavy atom. The van der Waals surface area contributed by atoms with Gasteiger partial charge in [-0.25, -0.2) is 14.1 Å². The van der Waals surface area contributed by atoms with Crippen molar-refractivity contribution >= 4 is 17.0 Å². The molecular weight excluding hydrogens is 696 g/mol. The predicted octanol–water partition coefficient (Wildman–Crippen LogP) is 10.1. The Hall–Kier alpha value is -0.620. The Balaban J connectivity index is 0. The molecule has 2 aromatic rings. The summed E-state index contributed by atoms with van der Waals surface area (Å²) in [4.78, 5) is 4.23. The van der Waals surface area contributed by atoms with Gasteiger partial charge in [0.15, 0.2) is 0 Å². The number of unbranched alkanes of at least 4 members (excludes halogenated alkanes) is 23. The van der Waals surface area contributed by atoms with Gasteiger partial charge in [-0.05, 0) is 39.0 Å². The molecule has 272 valence electrons. The number of hydrogen-bond donors (Lipinski definition) is 0. The molecule has 4 nitrogen and oxygen atoms in total. The summed E-state index contributed by atoms with van der Waals surface area (Å²) in [5.74, 6) is 2.59. The number of imidazole rings is 2. The Morgan fingerprint density at radius 2 is 0.870 bits per heavy atom. The molecule has 2 heterocycles. The van der Waals surface area contributed by atoms with E-state index in [0.717, 1.165) is 12.4 Å². The van der Waals surface area contributed by atoms with E-state index in [9.17, 15) is 0 Å². The summed E-state index contributed by atoms with van der Waals surface area (Å²) < 4.78 is 7.18. The Bertz CT molecular complexity index is 863. The van der Waals surface area contributed by atoms with Crippen LogP contribution in [0.5, 0.6) is 0 Å². The molecule has 0 unspecified atom stereocenters. The van der Waals surface area contributed by atoms with Crippen molar-refractivity contribution in [3.05, 3.63) is 36.4 Å². The molecule has 0 saturated carbocycles. The molecule has 0 N–H and O–H groups in total. The second kappa shape index (κ2) is 35.7. The van der Waals surface area contributed by atoms with E-state index in [4.69, 9.17) is 0 Å². The average molecular weight is 775 g/mol. The maximum absolute atomic E-state index is 4.23. The van der Waals surface area contributed by atoms with Crippen LogP contribution in [-0.2, 0) is 19.6 Å². The van der Waals surface area contributed by atoms with Crippen LogP contribution in [0.4, 0.5) is 0 Å². The fourth-order valence-corrected chi connectivity index (χ4v) is 6.26. The van der Waals surface area contributed by atoms with Crippen molar-refractivity contribution in [3.63, 3.8) is 0 Å². The lowest BCUT2D eigenvalue weighted by molar-refractivity contribution is -0.702. The molecule has 0 amide bonds. The summed E-state index contributed by atoms with van der Waals surface area (Å²) in [6.07, 6.45) is 45.1. The van der Waals surface area contributed by atoms with E-state index in [0.29, 0.717) is 0 Å². The van der Waals surface area contributed by atoms with Crippen LogP contribution < -0.4 is 21.5 Å². The molecule has 2 aromatic heterocycles. The lowest BCUT2D eigenvalue weighted by atomic mass is 10.1. The van der Waals surface area contributed by atoms with Crippen molar-refractivity contribution in [2.45, 2.75) is 221 Å². The normalized spacial score (nSPS) is 10.7. The lowest BCUT2D eigenvalue weighted by Crippen LogP contribution is -3.00. The Kier molecular flexibility index (Phi) is 36.8. The molecule has 0 spiro atoms. The molecule has 0 saturated heterocycles.